The molecule has 0 bridgehead atoms. The van der Waals surface area contributed by atoms with Gasteiger partial charge in [-0.15, -0.1) is 11.3 Å². The summed E-state index contributed by atoms with van der Waals surface area (Å²) in [6, 6.07) is 18.3. The molecule has 0 amide bonds. The third kappa shape index (κ3) is 3.96. The zero-order valence-corrected chi connectivity index (χ0v) is 15.0. The maximum absolute atomic E-state index is 9.52. The Balaban J connectivity index is 1.87. The standard InChI is InChI=1S/C21H18N2OS/c1-3-15-4-6-16(7-5-15)12-18(13-22)21-23-20(14-25-21)17-8-10-19(24-2)11-9-17/h4-12,14H,3H2,1-2H3/b18-12+. The van der Waals surface area contributed by atoms with Crippen molar-refractivity contribution in [3.63, 3.8) is 0 Å². The lowest BCUT2D eigenvalue weighted by Gasteiger charge is -2.00. The number of hydrogen-bond acceptors (Lipinski definition) is 4. The van der Waals surface area contributed by atoms with Gasteiger partial charge in [-0.1, -0.05) is 31.2 Å². The van der Waals surface area contributed by atoms with Crippen molar-refractivity contribution in [3.05, 3.63) is 70.0 Å². The first kappa shape index (κ1) is 16.9. The van der Waals surface area contributed by atoms with Crippen LogP contribution < -0.4 is 4.74 Å². The minimum Gasteiger partial charge on any atom is -0.497 e. The van der Waals surface area contributed by atoms with Gasteiger partial charge in [-0.2, -0.15) is 5.26 Å². The molecule has 0 aliphatic carbocycles. The van der Waals surface area contributed by atoms with Crippen LogP contribution in [0.2, 0.25) is 0 Å². The molecule has 0 aliphatic rings. The average molecular weight is 346 g/mol. The van der Waals surface area contributed by atoms with Gasteiger partial charge in [-0.05, 0) is 47.9 Å². The van der Waals surface area contributed by atoms with Crippen LogP contribution in [0.25, 0.3) is 22.9 Å². The fourth-order valence-corrected chi connectivity index (χ4v) is 3.24. The number of nitriles is 1. The third-order valence-electron chi connectivity index (χ3n) is 3.94. The lowest BCUT2D eigenvalue weighted by molar-refractivity contribution is 0.415. The number of thiazole rings is 1. The molecule has 0 radical (unpaired) electrons. The van der Waals surface area contributed by atoms with E-state index >= 15 is 0 Å². The second-order valence-corrected chi connectivity index (χ2v) is 6.39. The fourth-order valence-electron chi connectivity index (χ4n) is 2.45. The molecule has 0 fully saturated rings. The molecule has 3 rings (SSSR count). The molecule has 0 N–H and O–H groups in total. The number of aromatic nitrogens is 1. The summed E-state index contributed by atoms with van der Waals surface area (Å²) in [6.07, 6.45) is 2.89. The summed E-state index contributed by atoms with van der Waals surface area (Å²) in [5.41, 5.74) is 4.74. The van der Waals surface area contributed by atoms with Gasteiger partial charge < -0.3 is 4.74 Å². The number of ether oxygens (including phenoxy) is 1. The molecule has 124 valence electrons. The van der Waals surface area contributed by atoms with Gasteiger partial charge in [0.2, 0.25) is 0 Å². The monoisotopic (exact) mass is 346 g/mol. The van der Waals surface area contributed by atoms with E-state index in [1.54, 1.807) is 7.11 Å². The van der Waals surface area contributed by atoms with Crippen molar-refractivity contribution in [2.24, 2.45) is 0 Å². The Morgan fingerprint density at radius 3 is 2.48 bits per heavy atom. The van der Waals surface area contributed by atoms with Crippen LogP contribution in [0.15, 0.2) is 53.9 Å². The van der Waals surface area contributed by atoms with E-state index in [2.05, 4.69) is 30.1 Å². The lowest BCUT2D eigenvalue weighted by atomic mass is 10.1. The fraction of sp³-hybridized carbons (Fsp3) is 0.143. The van der Waals surface area contributed by atoms with Crippen LogP contribution in [0.3, 0.4) is 0 Å². The molecule has 0 saturated carbocycles. The maximum Gasteiger partial charge on any atom is 0.134 e. The van der Waals surface area contributed by atoms with Crippen molar-refractivity contribution in [2.45, 2.75) is 13.3 Å². The highest BCUT2D eigenvalue weighted by Crippen LogP contribution is 2.28. The molecule has 0 saturated heterocycles. The van der Waals surface area contributed by atoms with Crippen LogP contribution >= 0.6 is 11.3 Å². The zero-order valence-electron chi connectivity index (χ0n) is 14.2. The molecule has 0 unspecified atom stereocenters. The minimum absolute atomic E-state index is 0.578. The number of methoxy groups -OCH3 is 1. The van der Waals surface area contributed by atoms with E-state index in [1.807, 2.05) is 47.9 Å². The first-order valence-corrected chi connectivity index (χ1v) is 8.92. The van der Waals surface area contributed by atoms with E-state index in [0.29, 0.717) is 5.57 Å². The summed E-state index contributed by atoms with van der Waals surface area (Å²) < 4.78 is 5.18. The second-order valence-electron chi connectivity index (χ2n) is 5.53. The van der Waals surface area contributed by atoms with Crippen LogP contribution in [0.1, 0.15) is 23.1 Å². The number of rotatable bonds is 5. The molecule has 4 heteroatoms. The average Bonchev–Trinajstić information content (AvgIpc) is 3.16. The topological polar surface area (TPSA) is 45.9 Å². The van der Waals surface area contributed by atoms with Gasteiger partial charge in [-0.3, -0.25) is 0 Å². The molecule has 3 nitrogen and oxygen atoms in total. The summed E-state index contributed by atoms with van der Waals surface area (Å²) in [5.74, 6) is 0.812. The molecule has 0 aliphatic heterocycles. The van der Waals surface area contributed by atoms with E-state index < -0.39 is 0 Å². The summed E-state index contributed by atoms with van der Waals surface area (Å²) in [6.45, 7) is 2.13. The summed E-state index contributed by atoms with van der Waals surface area (Å²) in [5, 5.41) is 12.2. The lowest BCUT2D eigenvalue weighted by Crippen LogP contribution is -1.85. The highest BCUT2D eigenvalue weighted by molar-refractivity contribution is 7.11. The van der Waals surface area contributed by atoms with Gasteiger partial charge in [-0.25, -0.2) is 4.98 Å². The SMILES string of the molecule is CCc1ccc(/C=C(\C#N)c2nc(-c3ccc(OC)cc3)cs2)cc1. The highest BCUT2D eigenvalue weighted by atomic mass is 32.1. The molecular weight excluding hydrogens is 328 g/mol. The Labute approximate surface area is 151 Å². The Morgan fingerprint density at radius 2 is 1.88 bits per heavy atom. The van der Waals surface area contributed by atoms with Crippen LogP contribution in [0, 0.1) is 11.3 Å². The first-order chi connectivity index (χ1) is 12.2. The molecule has 3 aromatic rings. The molecular formula is C21H18N2OS. The normalized spacial score (nSPS) is 11.2. The Kier molecular flexibility index (Phi) is 5.27. The van der Waals surface area contributed by atoms with Gasteiger partial charge in [0.15, 0.2) is 0 Å². The molecule has 0 spiro atoms. The van der Waals surface area contributed by atoms with Crippen molar-refractivity contribution in [3.8, 4) is 23.1 Å². The van der Waals surface area contributed by atoms with E-state index in [9.17, 15) is 5.26 Å². The van der Waals surface area contributed by atoms with Crippen LogP contribution in [-0.4, -0.2) is 12.1 Å². The van der Waals surface area contributed by atoms with Crippen molar-refractivity contribution in [1.82, 2.24) is 4.98 Å². The summed E-state index contributed by atoms with van der Waals surface area (Å²) in [4.78, 5) is 4.62. The van der Waals surface area contributed by atoms with E-state index in [0.717, 1.165) is 34.0 Å². The smallest absolute Gasteiger partial charge is 0.134 e. The van der Waals surface area contributed by atoms with E-state index in [4.69, 9.17) is 4.74 Å². The predicted molar refractivity (Wildman–Crippen MR) is 103 cm³/mol. The second kappa shape index (κ2) is 7.78. The van der Waals surface area contributed by atoms with Gasteiger partial charge >= 0.3 is 0 Å². The largest absolute Gasteiger partial charge is 0.497 e. The van der Waals surface area contributed by atoms with Crippen LogP contribution in [-0.2, 0) is 6.42 Å². The number of aryl methyl sites for hydroxylation is 1. The Morgan fingerprint density at radius 1 is 1.16 bits per heavy atom. The molecule has 1 heterocycles. The zero-order chi connectivity index (χ0) is 17.6. The van der Waals surface area contributed by atoms with Gasteiger partial charge in [0.25, 0.3) is 0 Å². The number of benzene rings is 2. The molecule has 2 aromatic carbocycles. The van der Waals surface area contributed by atoms with Crippen LogP contribution in [0.5, 0.6) is 5.75 Å². The summed E-state index contributed by atoms with van der Waals surface area (Å²) in [7, 11) is 1.65. The van der Waals surface area contributed by atoms with Crippen molar-refractivity contribution >= 4 is 23.0 Å². The van der Waals surface area contributed by atoms with E-state index in [1.165, 1.54) is 16.9 Å². The van der Waals surface area contributed by atoms with Gasteiger partial charge in [0.05, 0.1) is 18.4 Å². The molecule has 25 heavy (non-hydrogen) atoms. The predicted octanol–water partition coefficient (Wildman–Crippen LogP) is 5.45. The van der Waals surface area contributed by atoms with Crippen LogP contribution in [0.4, 0.5) is 0 Å². The van der Waals surface area contributed by atoms with Crippen molar-refractivity contribution < 1.29 is 4.74 Å². The number of nitrogens with zero attached hydrogens (tertiary/aromatic N) is 2. The van der Waals surface area contributed by atoms with Crippen molar-refractivity contribution in [2.75, 3.05) is 7.11 Å². The summed E-state index contributed by atoms with van der Waals surface area (Å²) >= 11 is 1.48. The minimum atomic E-state index is 0.578. The first-order valence-electron chi connectivity index (χ1n) is 8.04. The quantitative estimate of drug-likeness (QED) is 0.577. The Bertz CT molecular complexity index is 916. The maximum atomic E-state index is 9.52. The molecule has 0 atom stereocenters. The number of hydrogen-bond donors (Lipinski definition) is 0. The highest BCUT2D eigenvalue weighted by Gasteiger charge is 2.09. The third-order valence-corrected chi connectivity index (χ3v) is 4.82. The Hall–Kier alpha value is -2.90. The van der Waals surface area contributed by atoms with Gasteiger partial charge in [0, 0.05) is 10.9 Å². The number of allylic oxidation sites excluding steroid dienone is 1. The molecule has 1 aromatic heterocycles. The van der Waals surface area contributed by atoms with Crippen molar-refractivity contribution in [1.29, 1.82) is 5.26 Å². The van der Waals surface area contributed by atoms with Gasteiger partial charge in [0.1, 0.15) is 16.8 Å². The van der Waals surface area contributed by atoms with E-state index in [-0.39, 0.29) is 0 Å².